The van der Waals surface area contributed by atoms with Crippen LogP contribution in [0.1, 0.15) is 10.4 Å². The first kappa shape index (κ1) is 14.3. The minimum Gasteiger partial charge on any atom is -0.508 e. The molecule has 0 radical (unpaired) electrons. The fourth-order valence-electron chi connectivity index (χ4n) is 1.99. The molecule has 0 aliphatic carbocycles. The Labute approximate surface area is 133 Å². The number of hydrogen-bond acceptors (Lipinski definition) is 4. The van der Waals surface area contributed by atoms with Crippen molar-refractivity contribution in [2.45, 2.75) is 0 Å². The molecule has 2 aromatic carbocycles. The number of hydrogen-bond donors (Lipinski definition) is 3. The molecule has 0 saturated carbocycles. The van der Waals surface area contributed by atoms with Gasteiger partial charge < -0.3 is 15.2 Å². The molecule has 1 aromatic heterocycles. The predicted octanol–water partition coefficient (Wildman–Crippen LogP) is 4.27. The third-order valence-electron chi connectivity index (χ3n) is 3.07. The van der Waals surface area contributed by atoms with E-state index in [1.807, 2.05) is 6.07 Å². The summed E-state index contributed by atoms with van der Waals surface area (Å²) < 4.78 is 0.820. The van der Waals surface area contributed by atoms with E-state index in [1.54, 1.807) is 12.1 Å². The predicted molar refractivity (Wildman–Crippen MR) is 84.6 cm³/mol. The van der Waals surface area contributed by atoms with Crippen molar-refractivity contribution in [2.24, 2.45) is 10.2 Å². The van der Waals surface area contributed by atoms with Crippen LogP contribution in [0.25, 0.3) is 10.9 Å². The van der Waals surface area contributed by atoms with Crippen molar-refractivity contribution >= 4 is 38.4 Å². The van der Waals surface area contributed by atoms with Crippen molar-refractivity contribution in [3.63, 3.8) is 0 Å². The van der Waals surface area contributed by atoms with Gasteiger partial charge in [0.05, 0.1) is 5.52 Å². The van der Waals surface area contributed by atoms with Crippen LogP contribution < -0.4 is 0 Å². The minimum absolute atomic E-state index is 0.0626. The molecule has 0 aliphatic heterocycles. The summed E-state index contributed by atoms with van der Waals surface area (Å²) in [5.74, 6) is -0.660. The highest BCUT2D eigenvalue weighted by atomic mass is 79.9. The smallest absolute Gasteiger partial charge is 0.295 e. The zero-order valence-corrected chi connectivity index (χ0v) is 12.7. The lowest BCUT2D eigenvalue weighted by molar-refractivity contribution is 0.0995. The lowest BCUT2D eigenvalue weighted by atomic mass is 10.2. The SMILES string of the molecule is O=C(N=Nc1c(O)[nH]c2ccc(Br)cc12)c1ccc(O)cc1. The number of aromatic nitrogens is 1. The summed E-state index contributed by atoms with van der Waals surface area (Å²) in [5, 5.41) is 27.2. The fraction of sp³-hybridized carbons (Fsp3) is 0. The van der Waals surface area contributed by atoms with Gasteiger partial charge in [-0.1, -0.05) is 15.9 Å². The Hall–Kier alpha value is -2.67. The third kappa shape index (κ3) is 2.71. The zero-order valence-electron chi connectivity index (χ0n) is 11.1. The van der Waals surface area contributed by atoms with Gasteiger partial charge in [-0.25, -0.2) is 0 Å². The van der Waals surface area contributed by atoms with Crippen LogP contribution >= 0.6 is 15.9 Å². The van der Waals surface area contributed by atoms with Crippen molar-refractivity contribution in [2.75, 3.05) is 0 Å². The second kappa shape index (κ2) is 5.61. The number of azo groups is 1. The maximum Gasteiger partial charge on any atom is 0.295 e. The number of aromatic amines is 1. The summed E-state index contributed by atoms with van der Waals surface area (Å²) in [6, 6.07) is 11.0. The molecular formula is C15H10BrN3O3. The van der Waals surface area contributed by atoms with Gasteiger partial charge in [0.1, 0.15) is 5.75 Å². The van der Waals surface area contributed by atoms with Gasteiger partial charge >= 0.3 is 0 Å². The van der Waals surface area contributed by atoms with Gasteiger partial charge in [0.15, 0.2) is 5.69 Å². The molecule has 0 atom stereocenters. The molecule has 0 fully saturated rings. The molecule has 1 heterocycles. The Morgan fingerprint density at radius 3 is 2.55 bits per heavy atom. The topological polar surface area (TPSA) is 98.0 Å². The molecule has 3 aromatic rings. The summed E-state index contributed by atoms with van der Waals surface area (Å²) in [6.07, 6.45) is 0. The number of H-pyrrole nitrogens is 1. The molecule has 0 spiro atoms. The van der Waals surface area contributed by atoms with Crippen LogP contribution in [0.3, 0.4) is 0 Å². The molecule has 0 unspecified atom stereocenters. The van der Waals surface area contributed by atoms with Crippen LogP contribution in [0.15, 0.2) is 57.2 Å². The molecule has 7 heteroatoms. The minimum atomic E-state index is -0.566. The lowest BCUT2D eigenvalue weighted by Crippen LogP contribution is -1.92. The zero-order chi connectivity index (χ0) is 15.7. The fourth-order valence-corrected chi connectivity index (χ4v) is 2.36. The normalized spacial score (nSPS) is 11.3. The highest BCUT2D eigenvalue weighted by Crippen LogP contribution is 2.36. The van der Waals surface area contributed by atoms with Crippen molar-refractivity contribution in [3.05, 3.63) is 52.5 Å². The van der Waals surface area contributed by atoms with E-state index in [-0.39, 0.29) is 17.3 Å². The summed E-state index contributed by atoms with van der Waals surface area (Å²) in [4.78, 5) is 14.7. The van der Waals surface area contributed by atoms with Gasteiger partial charge in [0.2, 0.25) is 5.88 Å². The molecule has 6 nitrogen and oxygen atoms in total. The number of nitrogens with one attached hydrogen (secondary N) is 1. The van der Waals surface area contributed by atoms with E-state index in [0.29, 0.717) is 16.5 Å². The summed E-state index contributed by atoms with van der Waals surface area (Å²) in [5.41, 5.74) is 1.18. The van der Waals surface area contributed by atoms with Crippen molar-refractivity contribution in [1.82, 2.24) is 4.98 Å². The van der Waals surface area contributed by atoms with Crippen LogP contribution in [0.4, 0.5) is 5.69 Å². The number of carbonyl (C=O) groups is 1. The third-order valence-corrected chi connectivity index (χ3v) is 3.56. The molecule has 110 valence electrons. The van der Waals surface area contributed by atoms with Gasteiger partial charge in [-0.3, -0.25) is 4.79 Å². The van der Waals surface area contributed by atoms with Crippen molar-refractivity contribution < 1.29 is 15.0 Å². The first-order valence-corrected chi connectivity index (χ1v) is 7.09. The summed E-state index contributed by atoms with van der Waals surface area (Å²) >= 11 is 3.34. The van der Waals surface area contributed by atoms with E-state index in [0.717, 1.165) is 4.47 Å². The van der Waals surface area contributed by atoms with E-state index in [2.05, 4.69) is 31.1 Å². The molecular weight excluding hydrogens is 350 g/mol. The van der Waals surface area contributed by atoms with Crippen LogP contribution in [-0.4, -0.2) is 21.1 Å². The largest absolute Gasteiger partial charge is 0.508 e. The molecule has 3 N–H and O–H groups in total. The van der Waals surface area contributed by atoms with Gasteiger partial charge in [-0.2, -0.15) is 0 Å². The first-order valence-electron chi connectivity index (χ1n) is 6.30. The van der Waals surface area contributed by atoms with Crippen molar-refractivity contribution in [1.29, 1.82) is 0 Å². The Kier molecular flexibility index (Phi) is 3.64. The molecule has 22 heavy (non-hydrogen) atoms. The quantitative estimate of drug-likeness (QED) is 0.596. The van der Waals surface area contributed by atoms with E-state index < -0.39 is 5.91 Å². The van der Waals surface area contributed by atoms with Crippen LogP contribution in [-0.2, 0) is 0 Å². The lowest BCUT2D eigenvalue weighted by Gasteiger charge is -1.95. The number of carbonyl (C=O) groups excluding carboxylic acids is 1. The van der Waals surface area contributed by atoms with Crippen LogP contribution in [0.2, 0.25) is 0 Å². The Morgan fingerprint density at radius 2 is 1.82 bits per heavy atom. The van der Waals surface area contributed by atoms with E-state index in [1.165, 1.54) is 24.3 Å². The number of benzene rings is 2. The Morgan fingerprint density at radius 1 is 1.09 bits per heavy atom. The van der Waals surface area contributed by atoms with Gasteiger partial charge in [0, 0.05) is 15.4 Å². The van der Waals surface area contributed by atoms with Crippen molar-refractivity contribution in [3.8, 4) is 11.6 Å². The Bertz CT molecular complexity index is 885. The van der Waals surface area contributed by atoms with Crippen LogP contribution in [0, 0.1) is 0 Å². The Balaban J connectivity index is 1.95. The van der Waals surface area contributed by atoms with E-state index in [4.69, 9.17) is 0 Å². The molecule has 1 amide bonds. The first-order chi connectivity index (χ1) is 10.5. The molecule has 3 rings (SSSR count). The summed E-state index contributed by atoms with van der Waals surface area (Å²) in [6.45, 7) is 0. The number of nitrogens with zero attached hydrogens (tertiary/aromatic N) is 2. The second-order valence-electron chi connectivity index (χ2n) is 4.56. The van der Waals surface area contributed by atoms with Gasteiger partial charge in [-0.15, -0.1) is 10.2 Å². The average Bonchev–Trinajstić information content (AvgIpc) is 2.80. The number of halogens is 1. The number of phenolic OH excluding ortho intramolecular Hbond substituents is 1. The number of amides is 1. The second-order valence-corrected chi connectivity index (χ2v) is 5.48. The number of aromatic hydroxyl groups is 2. The number of fused-ring (bicyclic) bond motifs is 1. The molecule has 0 saturated heterocycles. The monoisotopic (exact) mass is 359 g/mol. The van der Waals surface area contributed by atoms with E-state index >= 15 is 0 Å². The number of phenols is 1. The van der Waals surface area contributed by atoms with Crippen LogP contribution in [0.5, 0.6) is 11.6 Å². The van der Waals surface area contributed by atoms with E-state index in [9.17, 15) is 15.0 Å². The highest BCUT2D eigenvalue weighted by molar-refractivity contribution is 9.10. The maximum atomic E-state index is 11.9. The highest BCUT2D eigenvalue weighted by Gasteiger charge is 2.12. The molecule has 0 aliphatic rings. The number of rotatable bonds is 2. The summed E-state index contributed by atoms with van der Waals surface area (Å²) in [7, 11) is 0. The van der Waals surface area contributed by atoms with Gasteiger partial charge in [0.25, 0.3) is 5.91 Å². The average molecular weight is 360 g/mol. The standard InChI is InChI=1S/C15H10BrN3O3/c16-9-3-6-12-11(7-9)13(15(22)17-12)18-19-14(21)8-1-4-10(20)5-2-8/h1-7,17,20,22H. The maximum absolute atomic E-state index is 11.9. The van der Waals surface area contributed by atoms with Gasteiger partial charge in [-0.05, 0) is 42.5 Å². The molecule has 0 bridgehead atoms.